The van der Waals surface area contributed by atoms with Gasteiger partial charge in [0.05, 0.1) is 0 Å². The molecule has 0 amide bonds. The van der Waals surface area contributed by atoms with Crippen LogP contribution in [0, 0.1) is 0 Å². The van der Waals surface area contributed by atoms with Gasteiger partial charge in [0.2, 0.25) is 5.89 Å². The molecule has 0 saturated heterocycles. The lowest BCUT2D eigenvalue weighted by atomic mass is 9.87. The SMILES string of the molecule is FC(F)(F)C(F)(F)C(F)(F)C(F)(F)C(F)(F)C(F)(F)C(F)(F)C(F)(F)c1ccc(-c2nc3ccccc3o2)cc1. The lowest BCUT2D eigenvalue weighted by Crippen LogP contribution is -2.74. The number of hydrogen-bond donors (Lipinski definition) is 0. The van der Waals surface area contributed by atoms with E-state index in [2.05, 4.69) is 4.98 Å². The van der Waals surface area contributed by atoms with Crippen LogP contribution < -0.4 is 0 Å². The molecule has 2 nitrogen and oxygen atoms in total. The van der Waals surface area contributed by atoms with Crippen molar-refractivity contribution in [1.29, 1.82) is 0 Å². The van der Waals surface area contributed by atoms with E-state index in [0.717, 1.165) is 0 Å². The lowest BCUT2D eigenvalue weighted by molar-refractivity contribution is -0.462. The summed E-state index contributed by atoms with van der Waals surface area (Å²) in [5.74, 6) is -57.2. The zero-order valence-electron chi connectivity index (χ0n) is 18.4. The second kappa shape index (κ2) is 8.86. The molecule has 3 aromatic rings. The Morgan fingerprint density at radius 1 is 0.475 bits per heavy atom. The highest BCUT2D eigenvalue weighted by molar-refractivity contribution is 5.76. The Hall–Kier alpha value is -3.28. The average Bonchev–Trinajstić information content (AvgIpc) is 3.27. The van der Waals surface area contributed by atoms with Crippen LogP contribution in [0.25, 0.3) is 22.6 Å². The third kappa shape index (κ3) is 4.05. The standard InChI is InChI=1S/C21H8F17NO/c22-14(23,10-7-5-9(6-8-10)13-39-11-3-1-2-4-12(11)40-13)15(24,25)16(26,27)17(28,29)18(30,31)19(32,33)20(34,35)21(36,37)38/h1-8H. The van der Waals surface area contributed by atoms with E-state index in [1.54, 1.807) is 0 Å². The van der Waals surface area contributed by atoms with Crippen LogP contribution in [0.3, 0.4) is 0 Å². The Balaban J connectivity index is 2.03. The summed E-state index contributed by atoms with van der Waals surface area (Å²) >= 11 is 0. The molecule has 0 spiro atoms. The predicted molar refractivity (Wildman–Crippen MR) is 99.1 cm³/mol. The molecule has 19 heteroatoms. The molecule has 1 heterocycles. The molecule has 0 aliphatic rings. The van der Waals surface area contributed by atoms with Gasteiger partial charge < -0.3 is 4.42 Å². The van der Waals surface area contributed by atoms with Crippen molar-refractivity contribution in [3.8, 4) is 11.5 Å². The maximum atomic E-state index is 14.4. The molecule has 40 heavy (non-hydrogen) atoms. The van der Waals surface area contributed by atoms with Gasteiger partial charge in [0, 0.05) is 11.1 Å². The van der Waals surface area contributed by atoms with Crippen LogP contribution >= 0.6 is 0 Å². The Labute approximate surface area is 209 Å². The normalized spacial score (nSPS) is 15.1. The van der Waals surface area contributed by atoms with Crippen LogP contribution in [0.2, 0.25) is 0 Å². The minimum Gasteiger partial charge on any atom is -0.436 e. The van der Waals surface area contributed by atoms with Crippen molar-refractivity contribution < 1.29 is 79.1 Å². The first-order valence-corrected chi connectivity index (χ1v) is 9.97. The first kappa shape index (κ1) is 31.3. The topological polar surface area (TPSA) is 26.0 Å². The first-order valence-electron chi connectivity index (χ1n) is 9.97. The van der Waals surface area contributed by atoms with Crippen molar-refractivity contribution >= 4 is 11.1 Å². The Morgan fingerprint density at radius 3 is 1.35 bits per heavy atom. The number of hydrogen-bond acceptors (Lipinski definition) is 2. The van der Waals surface area contributed by atoms with Gasteiger partial charge in [0.15, 0.2) is 5.58 Å². The van der Waals surface area contributed by atoms with Gasteiger partial charge in [0.1, 0.15) is 5.52 Å². The number of para-hydroxylation sites is 2. The molecule has 0 radical (unpaired) electrons. The molecule has 0 aliphatic heterocycles. The number of benzene rings is 2. The van der Waals surface area contributed by atoms with Gasteiger partial charge in [-0.15, -0.1) is 0 Å². The molecule has 0 saturated carbocycles. The van der Waals surface area contributed by atoms with Gasteiger partial charge >= 0.3 is 47.6 Å². The number of rotatable bonds is 8. The second-order valence-electron chi connectivity index (χ2n) is 8.08. The monoisotopic (exact) mass is 613 g/mol. The first-order chi connectivity index (χ1) is 17.8. The summed E-state index contributed by atoms with van der Waals surface area (Å²) in [6.07, 6.45) is -7.80. The van der Waals surface area contributed by atoms with E-state index in [0.29, 0.717) is 12.1 Å². The number of nitrogens with zero attached hydrogens (tertiary/aromatic N) is 1. The quantitative estimate of drug-likeness (QED) is 0.237. The molecule has 222 valence electrons. The molecule has 0 aliphatic carbocycles. The third-order valence-corrected chi connectivity index (χ3v) is 5.51. The minimum atomic E-state index is -8.67. The molecule has 1 aromatic heterocycles. The van der Waals surface area contributed by atoms with Crippen LogP contribution in [0.5, 0.6) is 0 Å². The fourth-order valence-corrected chi connectivity index (χ4v) is 3.16. The van der Waals surface area contributed by atoms with Crippen molar-refractivity contribution in [2.75, 3.05) is 0 Å². The van der Waals surface area contributed by atoms with E-state index in [-0.39, 0.29) is 34.7 Å². The number of halogens is 17. The average molecular weight is 613 g/mol. The Kier molecular flexibility index (Phi) is 6.92. The fraction of sp³-hybridized carbons (Fsp3) is 0.381. The van der Waals surface area contributed by atoms with Crippen LogP contribution in [-0.2, 0) is 5.92 Å². The molecular formula is C21H8F17NO. The van der Waals surface area contributed by atoms with Crippen LogP contribution in [-0.4, -0.2) is 46.7 Å². The molecule has 0 atom stereocenters. The van der Waals surface area contributed by atoms with Crippen LogP contribution in [0.1, 0.15) is 5.56 Å². The van der Waals surface area contributed by atoms with Gasteiger partial charge in [-0.05, 0) is 24.3 Å². The van der Waals surface area contributed by atoms with E-state index in [1.807, 2.05) is 0 Å². The summed E-state index contributed by atoms with van der Waals surface area (Å²) in [7, 11) is 0. The number of oxazole rings is 1. The third-order valence-electron chi connectivity index (χ3n) is 5.51. The van der Waals surface area contributed by atoms with Crippen LogP contribution in [0.15, 0.2) is 52.9 Å². The maximum Gasteiger partial charge on any atom is 0.460 e. The highest BCUT2D eigenvalue weighted by Crippen LogP contribution is 2.65. The van der Waals surface area contributed by atoms with Crippen molar-refractivity contribution in [2.45, 2.75) is 47.6 Å². The van der Waals surface area contributed by atoms with E-state index < -0.39 is 53.2 Å². The van der Waals surface area contributed by atoms with Gasteiger partial charge in [-0.3, -0.25) is 0 Å². The molecule has 2 aromatic carbocycles. The molecular weight excluding hydrogens is 605 g/mol. The number of fused-ring (bicyclic) bond motifs is 1. The van der Waals surface area contributed by atoms with E-state index in [9.17, 15) is 74.6 Å². The highest BCUT2D eigenvalue weighted by Gasteiger charge is 2.95. The van der Waals surface area contributed by atoms with Gasteiger partial charge in [0.25, 0.3) is 0 Å². The summed E-state index contributed by atoms with van der Waals surface area (Å²) < 4.78 is 234. The Bertz CT molecular complexity index is 1340. The summed E-state index contributed by atoms with van der Waals surface area (Å²) in [5, 5.41) is 0. The van der Waals surface area contributed by atoms with Crippen LogP contribution in [0.4, 0.5) is 74.6 Å². The fourth-order valence-electron chi connectivity index (χ4n) is 3.16. The van der Waals surface area contributed by atoms with Crippen molar-refractivity contribution in [2.24, 2.45) is 0 Å². The van der Waals surface area contributed by atoms with Crippen molar-refractivity contribution in [3.05, 3.63) is 54.1 Å². The number of aromatic nitrogens is 1. The van der Waals surface area contributed by atoms with Crippen molar-refractivity contribution in [3.63, 3.8) is 0 Å². The summed E-state index contributed by atoms with van der Waals surface area (Å²) in [6, 6.07) is 6.36. The lowest BCUT2D eigenvalue weighted by Gasteiger charge is -2.42. The van der Waals surface area contributed by atoms with Gasteiger partial charge in [-0.1, -0.05) is 24.3 Å². The van der Waals surface area contributed by atoms with E-state index in [4.69, 9.17) is 4.42 Å². The van der Waals surface area contributed by atoms with E-state index in [1.165, 1.54) is 24.3 Å². The smallest absolute Gasteiger partial charge is 0.436 e. The predicted octanol–water partition coefficient (Wildman–Crippen LogP) is 8.96. The molecule has 0 fully saturated rings. The number of alkyl halides is 17. The maximum absolute atomic E-state index is 14.4. The van der Waals surface area contributed by atoms with Gasteiger partial charge in [-0.2, -0.15) is 74.6 Å². The zero-order valence-corrected chi connectivity index (χ0v) is 18.4. The summed E-state index contributed by atoms with van der Waals surface area (Å²) in [4.78, 5) is 3.86. The molecule has 0 unspecified atom stereocenters. The molecule has 0 bridgehead atoms. The second-order valence-corrected chi connectivity index (χ2v) is 8.08. The van der Waals surface area contributed by atoms with Crippen molar-refractivity contribution in [1.82, 2.24) is 4.98 Å². The Morgan fingerprint density at radius 2 is 0.900 bits per heavy atom. The summed E-state index contributed by atoms with van der Waals surface area (Å²) in [6.45, 7) is 0. The summed E-state index contributed by atoms with van der Waals surface area (Å²) in [5.41, 5.74) is -2.32. The molecule has 3 rings (SSSR count). The van der Waals surface area contributed by atoms with E-state index >= 15 is 0 Å². The highest BCUT2D eigenvalue weighted by atomic mass is 19.4. The zero-order chi connectivity index (χ0) is 31.0. The molecule has 0 N–H and O–H groups in total. The van der Waals surface area contributed by atoms with Gasteiger partial charge in [-0.25, -0.2) is 4.98 Å². The largest absolute Gasteiger partial charge is 0.460 e. The minimum absolute atomic E-state index is 0.120.